The molecule has 1 N–H and O–H groups in total. The Kier molecular flexibility index (Phi) is 5.02. The zero-order chi connectivity index (χ0) is 16.1. The largest absolute Gasteiger partial charge is 0.493 e. The summed E-state index contributed by atoms with van der Waals surface area (Å²) in [7, 11) is 0. The van der Waals surface area contributed by atoms with Gasteiger partial charge in [-0.3, -0.25) is 0 Å². The van der Waals surface area contributed by atoms with E-state index in [-0.39, 0.29) is 0 Å². The predicted octanol–water partition coefficient (Wildman–Crippen LogP) is 4.20. The van der Waals surface area contributed by atoms with Gasteiger partial charge in [-0.1, -0.05) is 24.3 Å². The molecule has 0 unspecified atom stereocenters. The molecule has 0 saturated carbocycles. The van der Waals surface area contributed by atoms with Crippen molar-refractivity contribution in [1.29, 1.82) is 0 Å². The minimum atomic E-state index is 0.451. The van der Waals surface area contributed by atoms with Crippen LogP contribution < -0.4 is 4.74 Å². The first-order valence-electron chi connectivity index (χ1n) is 7.88. The Balaban J connectivity index is 1.94. The Hall–Kier alpha value is -2.21. The van der Waals surface area contributed by atoms with Crippen molar-refractivity contribution in [2.45, 2.75) is 26.2 Å². The van der Waals surface area contributed by atoms with Gasteiger partial charge in [-0.15, -0.1) is 0 Å². The number of nitrogens with one attached hydrogen (secondary N) is 1. The zero-order valence-corrected chi connectivity index (χ0v) is 13.9. The highest BCUT2D eigenvalue weighted by Crippen LogP contribution is 2.28. The summed E-state index contributed by atoms with van der Waals surface area (Å²) in [5.41, 5.74) is 0.877. The van der Waals surface area contributed by atoms with Gasteiger partial charge in [0.15, 0.2) is 5.82 Å². The lowest BCUT2D eigenvalue weighted by Gasteiger charge is -2.12. The van der Waals surface area contributed by atoms with Crippen LogP contribution in [-0.4, -0.2) is 27.7 Å². The van der Waals surface area contributed by atoms with Crippen molar-refractivity contribution in [3.8, 4) is 17.1 Å². The van der Waals surface area contributed by atoms with Crippen molar-refractivity contribution in [3.63, 3.8) is 0 Å². The van der Waals surface area contributed by atoms with Gasteiger partial charge in [0, 0.05) is 6.21 Å². The zero-order valence-electron chi connectivity index (χ0n) is 13.1. The van der Waals surface area contributed by atoms with Crippen molar-refractivity contribution in [2.75, 3.05) is 6.61 Å². The molecule has 0 spiro atoms. The Morgan fingerprint density at radius 1 is 1.43 bits per heavy atom. The second kappa shape index (κ2) is 7.37. The minimum absolute atomic E-state index is 0.451. The molecular formula is C17H20N4OS. The number of hydrogen-bond acceptors (Lipinski definition) is 4. The molecule has 1 aromatic carbocycles. The molecule has 23 heavy (non-hydrogen) atoms. The van der Waals surface area contributed by atoms with E-state index in [2.05, 4.69) is 27.5 Å². The Labute approximate surface area is 140 Å². The molecule has 0 bridgehead atoms. The lowest BCUT2D eigenvalue weighted by molar-refractivity contribution is 0.341. The number of para-hydroxylation sites is 1. The predicted molar refractivity (Wildman–Crippen MR) is 94.4 cm³/mol. The van der Waals surface area contributed by atoms with E-state index in [4.69, 9.17) is 17.0 Å². The van der Waals surface area contributed by atoms with Gasteiger partial charge in [-0.25, -0.2) is 5.10 Å². The third-order valence-corrected chi connectivity index (χ3v) is 4.05. The number of aromatic nitrogens is 3. The van der Waals surface area contributed by atoms with Crippen molar-refractivity contribution in [2.24, 2.45) is 11.0 Å². The van der Waals surface area contributed by atoms with E-state index in [0.29, 0.717) is 23.1 Å². The standard InChI is InChI=1S/C17H20N4OS/c1-2-22-15-11-7-6-10-14(15)16-19-20-17(23)21(16)18-12-13-8-4-3-5-9-13/h3-4,6-7,10-13H,2,5,8-9H2,1H3,(H,20,23)/b18-12-/t13-/m1/s1. The Morgan fingerprint density at radius 3 is 3.09 bits per heavy atom. The SMILES string of the molecule is CCOc1ccccc1-c1n[nH]c(=S)n1/N=C\[C@@H]1CC=CCC1. The maximum absolute atomic E-state index is 5.69. The van der Waals surface area contributed by atoms with Gasteiger partial charge in [0.2, 0.25) is 4.77 Å². The van der Waals surface area contributed by atoms with Crippen LogP contribution >= 0.6 is 12.2 Å². The van der Waals surface area contributed by atoms with E-state index >= 15 is 0 Å². The van der Waals surface area contributed by atoms with Gasteiger partial charge in [0.05, 0.1) is 12.2 Å². The van der Waals surface area contributed by atoms with Crippen LogP contribution in [0.25, 0.3) is 11.4 Å². The summed E-state index contributed by atoms with van der Waals surface area (Å²) in [6, 6.07) is 7.79. The normalized spacial score (nSPS) is 17.7. The van der Waals surface area contributed by atoms with Crippen LogP contribution in [0.1, 0.15) is 26.2 Å². The summed E-state index contributed by atoms with van der Waals surface area (Å²) in [5.74, 6) is 1.90. The van der Waals surface area contributed by atoms with Gasteiger partial charge in [0.25, 0.3) is 0 Å². The first kappa shape index (κ1) is 15.7. The molecule has 0 radical (unpaired) electrons. The molecular weight excluding hydrogens is 308 g/mol. The molecule has 1 heterocycles. The summed E-state index contributed by atoms with van der Waals surface area (Å²) in [6.45, 7) is 2.56. The van der Waals surface area contributed by atoms with Crippen LogP contribution in [0.5, 0.6) is 5.75 Å². The summed E-state index contributed by atoms with van der Waals surface area (Å²) >= 11 is 5.32. The van der Waals surface area contributed by atoms with Crippen molar-refractivity contribution < 1.29 is 4.74 Å². The van der Waals surface area contributed by atoms with Crippen LogP contribution in [0.15, 0.2) is 41.5 Å². The number of rotatable bonds is 5. The molecule has 1 atom stereocenters. The molecule has 3 rings (SSSR count). The summed E-state index contributed by atoms with van der Waals surface area (Å²) in [4.78, 5) is 0. The molecule has 0 amide bonds. The summed E-state index contributed by atoms with van der Waals surface area (Å²) < 4.78 is 7.84. The number of hydrogen-bond donors (Lipinski definition) is 1. The van der Waals surface area contributed by atoms with E-state index in [1.54, 1.807) is 4.68 Å². The number of H-pyrrole nitrogens is 1. The molecule has 120 valence electrons. The smallest absolute Gasteiger partial charge is 0.216 e. The van der Waals surface area contributed by atoms with Gasteiger partial charge in [-0.2, -0.15) is 14.9 Å². The molecule has 0 fully saturated rings. The molecule has 0 saturated heterocycles. The third kappa shape index (κ3) is 3.59. The molecule has 5 nitrogen and oxygen atoms in total. The fourth-order valence-corrected chi connectivity index (χ4v) is 2.80. The topological polar surface area (TPSA) is 55.2 Å². The van der Waals surface area contributed by atoms with Crippen LogP contribution in [0.4, 0.5) is 0 Å². The lowest BCUT2D eigenvalue weighted by atomic mass is 9.96. The average Bonchev–Trinajstić information content (AvgIpc) is 2.95. The van der Waals surface area contributed by atoms with E-state index < -0.39 is 0 Å². The Bertz CT molecular complexity index is 775. The van der Waals surface area contributed by atoms with Crippen molar-refractivity contribution >= 4 is 18.4 Å². The van der Waals surface area contributed by atoms with E-state index in [0.717, 1.165) is 30.6 Å². The fourth-order valence-electron chi connectivity index (χ4n) is 2.62. The second-order valence-corrected chi connectivity index (χ2v) is 5.79. The lowest BCUT2D eigenvalue weighted by Crippen LogP contribution is -2.06. The first-order chi connectivity index (χ1) is 11.3. The van der Waals surface area contributed by atoms with Crippen LogP contribution in [-0.2, 0) is 0 Å². The first-order valence-corrected chi connectivity index (χ1v) is 8.29. The molecule has 2 aromatic rings. The van der Waals surface area contributed by atoms with Gasteiger partial charge in [0.1, 0.15) is 5.75 Å². The molecule has 0 aliphatic heterocycles. The van der Waals surface area contributed by atoms with E-state index in [9.17, 15) is 0 Å². The molecule has 1 aliphatic carbocycles. The third-order valence-electron chi connectivity index (χ3n) is 3.78. The minimum Gasteiger partial charge on any atom is -0.493 e. The van der Waals surface area contributed by atoms with Crippen LogP contribution in [0.2, 0.25) is 0 Å². The van der Waals surface area contributed by atoms with Crippen molar-refractivity contribution in [1.82, 2.24) is 14.9 Å². The highest BCUT2D eigenvalue weighted by molar-refractivity contribution is 7.71. The highest BCUT2D eigenvalue weighted by Gasteiger charge is 2.14. The van der Waals surface area contributed by atoms with E-state index in [1.807, 2.05) is 37.4 Å². The maximum Gasteiger partial charge on any atom is 0.216 e. The number of benzene rings is 1. The number of allylic oxidation sites excluding steroid dienone is 2. The molecule has 6 heteroatoms. The number of ether oxygens (including phenoxy) is 1. The van der Waals surface area contributed by atoms with Gasteiger partial charge in [-0.05, 0) is 56.5 Å². The number of nitrogens with zero attached hydrogens (tertiary/aromatic N) is 3. The van der Waals surface area contributed by atoms with E-state index in [1.165, 1.54) is 0 Å². The Morgan fingerprint density at radius 2 is 2.30 bits per heavy atom. The summed E-state index contributed by atoms with van der Waals surface area (Å²) in [6.07, 6.45) is 9.66. The average molecular weight is 328 g/mol. The maximum atomic E-state index is 5.69. The van der Waals surface area contributed by atoms with Crippen LogP contribution in [0.3, 0.4) is 0 Å². The monoisotopic (exact) mass is 328 g/mol. The highest BCUT2D eigenvalue weighted by atomic mass is 32.1. The molecule has 1 aliphatic rings. The second-order valence-electron chi connectivity index (χ2n) is 5.40. The molecule has 1 aromatic heterocycles. The quantitative estimate of drug-likeness (QED) is 0.508. The van der Waals surface area contributed by atoms with Gasteiger partial charge >= 0.3 is 0 Å². The van der Waals surface area contributed by atoms with Crippen molar-refractivity contribution in [3.05, 3.63) is 41.2 Å². The van der Waals surface area contributed by atoms with Crippen LogP contribution in [0, 0.1) is 10.7 Å². The van der Waals surface area contributed by atoms with Gasteiger partial charge < -0.3 is 4.74 Å². The number of aromatic amines is 1. The fraction of sp³-hybridized carbons (Fsp3) is 0.353. The summed E-state index contributed by atoms with van der Waals surface area (Å²) in [5, 5.41) is 11.7.